The third kappa shape index (κ3) is 2.70. The average Bonchev–Trinajstić information content (AvgIpc) is 2.57. The summed E-state index contributed by atoms with van der Waals surface area (Å²) in [5.41, 5.74) is 6.36. The number of aryl methyl sites for hydroxylation is 1. The topological polar surface area (TPSA) is 78.9 Å². The molecule has 0 aliphatic heterocycles. The molecule has 0 saturated heterocycles. The minimum absolute atomic E-state index is 0.0402. The summed E-state index contributed by atoms with van der Waals surface area (Å²) < 4.78 is 6.97. The second kappa shape index (κ2) is 4.81. The Hall–Kier alpha value is -1.82. The standard InChI is InChI=1S/C11H14ClN5O/c1-6(2)18-9-4-7(3)14-11(15-9)17-5-8(12)10(13)16-17/h4-6H,1-3H3,(H2,13,16). The van der Waals surface area contributed by atoms with Crippen LogP contribution < -0.4 is 10.5 Å². The van der Waals surface area contributed by atoms with Gasteiger partial charge in [0.2, 0.25) is 5.88 Å². The lowest BCUT2D eigenvalue weighted by Crippen LogP contribution is -2.10. The molecule has 96 valence electrons. The first-order valence-electron chi connectivity index (χ1n) is 5.49. The van der Waals surface area contributed by atoms with Gasteiger partial charge in [-0.2, -0.15) is 4.98 Å². The summed E-state index contributed by atoms with van der Waals surface area (Å²) in [6.45, 7) is 5.71. The first-order valence-corrected chi connectivity index (χ1v) is 5.87. The van der Waals surface area contributed by atoms with E-state index in [9.17, 15) is 0 Å². The van der Waals surface area contributed by atoms with Crippen molar-refractivity contribution in [2.45, 2.75) is 26.9 Å². The van der Waals surface area contributed by atoms with Crippen molar-refractivity contribution in [1.82, 2.24) is 19.7 Å². The number of ether oxygens (including phenoxy) is 1. The summed E-state index contributed by atoms with van der Waals surface area (Å²) in [6.07, 6.45) is 1.60. The van der Waals surface area contributed by atoms with Gasteiger partial charge < -0.3 is 10.5 Å². The highest BCUT2D eigenvalue weighted by Gasteiger charge is 2.10. The van der Waals surface area contributed by atoms with Gasteiger partial charge in [0.15, 0.2) is 5.82 Å². The minimum atomic E-state index is 0.0402. The Morgan fingerprint density at radius 2 is 2.11 bits per heavy atom. The number of nitrogens with two attached hydrogens (primary N) is 1. The maximum absolute atomic E-state index is 5.85. The Balaban J connectivity index is 2.41. The van der Waals surface area contributed by atoms with Crippen molar-refractivity contribution >= 4 is 17.4 Å². The van der Waals surface area contributed by atoms with Gasteiger partial charge in [-0.1, -0.05) is 11.6 Å². The fourth-order valence-corrected chi connectivity index (χ4v) is 1.53. The molecule has 2 aromatic heterocycles. The van der Waals surface area contributed by atoms with E-state index in [4.69, 9.17) is 22.1 Å². The molecular formula is C11H14ClN5O. The molecular weight excluding hydrogens is 254 g/mol. The lowest BCUT2D eigenvalue weighted by molar-refractivity contribution is 0.231. The van der Waals surface area contributed by atoms with Crippen molar-refractivity contribution < 1.29 is 4.74 Å². The van der Waals surface area contributed by atoms with Crippen LogP contribution in [-0.2, 0) is 0 Å². The zero-order valence-corrected chi connectivity index (χ0v) is 11.1. The van der Waals surface area contributed by atoms with Gasteiger partial charge in [0.1, 0.15) is 5.02 Å². The van der Waals surface area contributed by atoms with Crippen molar-refractivity contribution in [3.63, 3.8) is 0 Å². The quantitative estimate of drug-likeness (QED) is 0.920. The lowest BCUT2D eigenvalue weighted by atomic mass is 10.4. The molecule has 2 heterocycles. The van der Waals surface area contributed by atoms with Crippen LogP contribution in [0, 0.1) is 6.92 Å². The van der Waals surface area contributed by atoms with Gasteiger partial charge in [-0.25, -0.2) is 9.67 Å². The average molecular weight is 268 g/mol. The van der Waals surface area contributed by atoms with Gasteiger partial charge >= 0.3 is 0 Å². The molecule has 2 N–H and O–H groups in total. The number of aromatic nitrogens is 4. The van der Waals surface area contributed by atoms with Crippen molar-refractivity contribution in [1.29, 1.82) is 0 Å². The molecule has 0 radical (unpaired) electrons. The van der Waals surface area contributed by atoms with Crippen LogP contribution in [0.25, 0.3) is 5.95 Å². The number of nitrogen functional groups attached to an aromatic ring is 1. The van der Waals surface area contributed by atoms with Gasteiger partial charge in [-0.05, 0) is 20.8 Å². The predicted molar refractivity (Wildman–Crippen MR) is 69.1 cm³/mol. The summed E-state index contributed by atoms with van der Waals surface area (Å²) in [7, 11) is 0. The van der Waals surface area contributed by atoms with E-state index < -0.39 is 0 Å². The molecule has 6 nitrogen and oxygen atoms in total. The molecule has 0 fully saturated rings. The maximum Gasteiger partial charge on any atom is 0.254 e. The van der Waals surface area contributed by atoms with Crippen molar-refractivity contribution in [3.05, 3.63) is 23.0 Å². The first kappa shape index (κ1) is 12.6. The van der Waals surface area contributed by atoms with Gasteiger partial charge in [-0.15, -0.1) is 5.10 Å². The molecule has 0 amide bonds. The maximum atomic E-state index is 5.85. The molecule has 0 atom stereocenters. The number of nitrogens with zero attached hydrogens (tertiary/aromatic N) is 4. The minimum Gasteiger partial charge on any atom is -0.475 e. The third-order valence-corrected chi connectivity index (χ3v) is 2.37. The summed E-state index contributed by atoms with van der Waals surface area (Å²) in [5.74, 6) is 1.12. The molecule has 0 saturated carbocycles. The van der Waals surface area contributed by atoms with Gasteiger partial charge in [0.25, 0.3) is 5.95 Å². The van der Waals surface area contributed by atoms with Crippen LogP contribution in [0.15, 0.2) is 12.3 Å². The van der Waals surface area contributed by atoms with Crippen LogP contribution in [0.3, 0.4) is 0 Å². The molecule has 0 bridgehead atoms. The molecule has 0 aliphatic rings. The van der Waals surface area contributed by atoms with Crippen LogP contribution in [0.2, 0.25) is 5.02 Å². The van der Waals surface area contributed by atoms with E-state index in [2.05, 4.69) is 15.1 Å². The monoisotopic (exact) mass is 267 g/mol. The normalized spacial score (nSPS) is 10.9. The smallest absolute Gasteiger partial charge is 0.254 e. The molecule has 2 aromatic rings. The Labute approximate surface area is 110 Å². The Morgan fingerprint density at radius 3 is 2.67 bits per heavy atom. The second-order valence-electron chi connectivity index (χ2n) is 4.12. The number of rotatable bonds is 3. The third-order valence-electron chi connectivity index (χ3n) is 2.08. The van der Waals surface area contributed by atoms with Crippen LogP contribution in [0.5, 0.6) is 5.88 Å². The largest absolute Gasteiger partial charge is 0.475 e. The van der Waals surface area contributed by atoms with Crippen molar-refractivity contribution in [3.8, 4) is 11.8 Å². The van der Waals surface area contributed by atoms with Crippen LogP contribution >= 0.6 is 11.6 Å². The SMILES string of the molecule is Cc1cc(OC(C)C)nc(-n2cc(Cl)c(N)n2)n1. The second-order valence-corrected chi connectivity index (χ2v) is 4.53. The van der Waals surface area contributed by atoms with Crippen molar-refractivity contribution in [2.24, 2.45) is 0 Å². The molecule has 0 aliphatic carbocycles. The zero-order chi connectivity index (χ0) is 13.3. The summed E-state index contributed by atoms with van der Waals surface area (Å²) >= 11 is 5.85. The number of hydrogen-bond acceptors (Lipinski definition) is 5. The summed E-state index contributed by atoms with van der Waals surface area (Å²) in [6, 6.07) is 1.76. The fourth-order valence-electron chi connectivity index (χ4n) is 1.40. The Morgan fingerprint density at radius 1 is 1.39 bits per heavy atom. The summed E-state index contributed by atoms with van der Waals surface area (Å²) in [4.78, 5) is 8.51. The van der Waals surface area contributed by atoms with E-state index in [1.165, 1.54) is 4.68 Å². The number of halogens is 1. The fraction of sp³-hybridized carbons (Fsp3) is 0.364. The Bertz CT molecular complexity index is 547. The van der Waals surface area contributed by atoms with E-state index in [1.807, 2.05) is 20.8 Å². The zero-order valence-electron chi connectivity index (χ0n) is 10.4. The van der Waals surface area contributed by atoms with Crippen LogP contribution in [-0.4, -0.2) is 25.9 Å². The van der Waals surface area contributed by atoms with Crippen LogP contribution in [0.1, 0.15) is 19.5 Å². The highest BCUT2D eigenvalue weighted by atomic mass is 35.5. The Kier molecular flexibility index (Phi) is 3.38. The molecule has 18 heavy (non-hydrogen) atoms. The van der Waals surface area contributed by atoms with E-state index in [1.54, 1.807) is 12.3 Å². The molecule has 0 spiro atoms. The van der Waals surface area contributed by atoms with Gasteiger partial charge in [0, 0.05) is 11.8 Å². The van der Waals surface area contributed by atoms with Gasteiger partial charge in [0.05, 0.1) is 12.3 Å². The van der Waals surface area contributed by atoms with E-state index in [0.29, 0.717) is 16.9 Å². The predicted octanol–water partition coefficient (Wildman–Crippen LogP) is 1.99. The molecule has 2 rings (SSSR count). The highest BCUT2D eigenvalue weighted by Crippen LogP contribution is 2.19. The van der Waals surface area contributed by atoms with E-state index in [-0.39, 0.29) is 11.9 Å². The first-order chi connectivity index (χ1) is 8.45. The van der Waals surface area contributed by atoms with E-state index >= 15 is 0 Å². The molecule has 0 unspecified atom stereocenters. The number of anilines is 1. The summed E-state index contributed by atoms with van der Waals surface area (Å²) in [5, 5.41) is 4.39. The number of hydrogen-bond donors (Lipinski definition) is 1. The van der Waals surface area contributed by atoms with Crippen molar-refractivity contribution in [2.75, 3.05) is 5.73 Å². The molecule has 0 aromatic carbocycles. The van der Waals surface area contributed by atoms with E-state index in [0.717, 1.165) is 5.69 Å². The lowest BCUT2D eigenvalue weighted by Gasteiger charge is -2.10. The van der Waals surface area contributed by atoms with Gasteiger partial charge in [-0.3, -0.25) is 0 Å². The van der Waals surface area contributed by atoms with Crippen LogP contribution in [0.4, 0.5) is 5.82 Å². The highest BCUT2D eigenvalue weighted by molar-refractivity contribution is 6.32. The molecule has 7 heteroatoms.